The molecule has 0 spiro atoms. The molecule has 5 aromatic carbocycles. The minimum atomic E-state index is -3.57. The molecule has 38 nitrogen and oxygen atoms in total. The van der Waals surface area contributed by atoms with Crippen molar-refractivity contribution < 1.29 is 89.7 Å². The highest BCUT2D eigenvalue weighted by Gasteiger charge is 2.39. The van der Waals surface area contributed by atoms with Gasteiger partial charge in [0, 0.05) is 71.1 Å². The summed E-state index contributed by atoms with van der Waals surface area (Å²) in [4.78, 5) is 67.7. The van der Waals surface area contributed by atoms with Gasteiger partial charge in [0.15, 0.2) is 0 Å². The van der Waals surface area contributed by atoms with Gasteiger partial charge >= 0.3 is 18.1 Å². The highest BCUT2D eigenvalue weighted by atomic mass is 32.2. The molecule has 5 fully saturated rings. The van der Waals surface area contributed by atoms with Crippen molar-refractivity contribution in [1.29, 1.82) is 0 Å². The average Bonchev–Trinajstić information content (AvgIpc) is 1.78. The van der Waals surface area contributed by atoms with Crippen LogP contribution in [0.5, 0.6) is 28.7 Å². The van der Waals surface area contributed by atoms with Crippen molar-refractivity contribution >= 4 is 109 Å². The van der Waals surface area contributed by atoms with E-state index in [9.17, 15) is 66.1 Å². The van der Waals surface area contributed by atoms with E-state index in [1.807, 2.05) is 32.6 Å². The van der Waals surface area contributed by atoms with E-state index in [1.54, 1.807) is 113 Å². The Bertz CT molecular complexity index is 5280. The molecule has 15 rings (SSSR count). The Morgan fingerprint density at radius 3 is 0.944 bits per heavy atom. The Hall–Kier alpha value is -11.1. The average molecular weight is 1830 g/mol. The number of carbonyl (C=O) groups excluding carboxylic acids is 5. The van der Waals surface area contributed by atoms with Crippen LogP contribution in [0.3, 0.4) is 0 Å². The summed E-state index contributed by atoms with van der Waals surface area (Å²) >= 11 is 0. The molecule has 0 bridgehead atoms. The van der Waals surface area contributed by atoms with E-state index in [2.05, 4.69) is 43.3 Å². The summed E-state index contributed by atoms with van der Waals surface area (Å²) in [6.45, 7) is 14.2. The van der Waals surface area contributed by atoms with Crippen LogP contribution < -0.4 is 73.6 Å². The first-order valence-corrected chi connectivity index (χ1v) is 49.9. The number of sulfonamides is 5. The normalized spacial score (nSPS) is 22.0. The molecule has 5 aromatic rings. The smallest absolute Gasteiger partial charge is 0.317 e. The lowest BCUT2D eigenvalue weighted by Gasteiger charge is -2.26. The first-order chi connectivity index (χ1) is 59.5. The van der Waals surface area contributed by atoms with Crippen molar-refractivity contribution in [1.82, 2.24) is 40.9 Å². The number of benzene rings is 5. The topological polar surface area (TPSA) is 555 Å². The number of likely N-dealkylation sites (tertiary alicyclic amines) is 4. The lowest BCUT2D eigenvalue weighted by Crippen LogP contribution is -2.45. The van der Waals surface area contributed by atoms with Crippen molar-refractivity contribution in [3.8, 4) is 28.7 Å². The van der Waals surface area contributed by atoms with E-state index >= 15 is 0 Å². The predicted molar refractivity (Wildman–Crippen MR) is 472 cm³/mol. The van der Waals surface area contributed by atoms with Crippen LogP contribution in [0.25, 0.3) is 0 Å². The fourth-order valence-corrected chi connectivity index (χ4v) is 22.2. The van der Waals surface area contributed by atoms with Gasteiger partial charge in [-0.25, -0.2) is 56.5 Å². The van der Waals surface area contributed by atoms with Crippen LogP contribution in [0.15, 0.2) is 113 Å². The number of ether oxygens (including phenoxy) is 5. The number of nitrogens with two attached hydrogens (primary N) is 5. The SMILES string of the molecule is CCCC(=O)N1CCC[C@@H]1COc1cccc2c1C(N)=NS(=O)(=O)C2.CCCNC(=O)C1CCC[C@@H]1COc1cccc2c1C(N)=NS(=O)(=O)C2.CCNC(=O)N1CCC[C@@H]1COc1cccc2c1C(N)=NS(=O)(=O)C2.CCNC(=O)N1CCC[C@@H]1COc1cccc2c1C(N)=NS(=O)(=O)C2.CNC(=O)N1CCC[C@@H]1COc1cccc2c1C(N)=NS(=O)(=O)C2. The number of amides is 8. The van der Waals surface area contributed by atoms with Crippen LogP contribution in [0.2, 0.25) is 0 Å². The Morgan fingerprint density at radius 1 is 0.368 bits per heavy atom. The van der Waals surface area contributed by atoms with Gasteiger partial charge < -0.3 is 93.2 Å². The van der Waals surface area contributed by atoms with Gasteiger partial charge in [0.25, 0.3) is 50.1 Å². The predicted octanol–water partition coefficient (Wildman–Crippen LogP) is 5.00. The Labute approximate surface area is 729 Å². The van der Waals surface area contributed by atoms with Crippen molar-refractivity contribution in [2.45, 2.75) is 171 Å². The van der Waals surface area contributed by atoms with Crippen molar-refractivity contribution in [2.75, 3.05) is 85.9 Å². The number of fused-ring (bicyclic) bond motifs is 5. The zero-order valence-corrected chi connectivity index (χ0v) is 74.7. The third-order valence-electron chi connectivity index (χ3n) is 22.4. The number of nitrogens with one attached hydrogen (secondary N) is 4. The third-order valence-corrected chi connectivity index (χ3v) is 28.1. The van der Waals surface area contributed by atoms with Gasteiger partial charge in [0.2, 0.25) is 11.8 Å². The first-order valence-electron chi connectivity index (χ1n) is 41.9. The molecule has 14 N–H and O–H groups in total. The monoisotopic (exact) mass is 1830 g/mol. The molecule has 6 atom stereocenters. The maximum Gasteiger partial charge on any atom is 0.317 e. The molecule has 9 aliphatic heterocycles. The molecule has 1 aliphatic carbocycles. The molecule has 8 amide bonds. The second-order valence-electron chi connectivity index (χ2n) is 31.4. The van der Waals surface area contributed by atoms with Crippen LogP contribution >= 0.6 is 0 Å². The fraction of sp³-hybridized carbons (Fsp3) is 0.512. The summed E-state index contributed by atoms with van der Waals surface area (Å²) in [5, 5.41) is 11.2. The second kappa shape index (κ2) is 41.8. The maximum atomic E-state index is 12.3. The molecular formula is C82H112N18O20S5. The summed E-state index contributed by atoms with van der Waals surface area (Å²) in [6, 6.07) is 25.7. The molecule has 4 saturated heterocycles. The van der Waals surface area contributed by atoms with Crippen LogP contribution in [-0.4, -0.2) is 231 Å². The lowest BCUT2D eigenvalue weighted by atomic mass is 9.96. The minimum Gasteiger partial charge on any atom is -0.492 e. The molecule has 0 radical (unpaired) electrons. The van der Waals surface area contributed by atoms with E-state index in [0.717, 1.165) is 90.0 Å². The summed E-state index contributed by atoms with van der Waals surface area (Å²) in [5.74, 6) is 1.76. The third kappa shape index (κ3) is 24.4. The van der Waals surface area contributed by atoms with E-state index in [-0.39, 0.29) is 124 Å². The molecular weight excluding hydrogens is 1720 g/mol. The summed E-state index contributed by atoms with van der Waals surface area (Å²) in [5.41, 5.74) is 34.8. The molecule has 10 aliphatic rings. The van der Waals surface area contributed by atoms with E-state index in [4.69, 9.17) is 52.4 Å². The zero-order valence-electron chi connectivity index (χ0n) is 70.7. The van der Waals surface area contributed by atoms with E-state index in [1.165, 1.54) is 0 Å². The number of urea groups is 3. The number of rotatable bonds is 22. The second-order valence-corrected chi connectivity index (χ2v) is 39.6. The van der Waals surface area contributed by atoms with Crippen molar-refractivity contribution in [3.63, 3.8) is 0 Å². The zero-order chi connectivity index (χ0) is 90.1. The summed E-state index contributed by atoms with van der Waals surface area (Å²) < 4.78 is 165. The van der Waals surface area contributed by atoms with Gasteiger partial charge in [0.1, 0.15) is 84.4 Å². The van der Waals surface area contributed by atoms with Gasteiger partial charge in [0.05, 0.1) is 87.4 Å². The lowest BCUT2D eigenvalue weighted by molar-refractivity contribution is -0.132. The fourth-order valence-electron chi connectivity index (χ4n) is 16.7. The molecule has 125 heavy (non-hydrogen) atoms. The minimum absolute atomic E-state index is 0.0205. The standard InChI is InChI=1S/C18H25N3O4S.C17H23N3O4S.2C16H22N4O4S.C15H20N4O4S/c1-2-9-20-18(22)14-7-3-5-12(14)10-25-15-8-4-6-13-11-26(23,24)21-17(19)16(13)15;1-2-5-15(21)20-9-4-7-13(20)10-24-14-8-3-6-12-11-25(22,23)19-17(18)16(12)14;2*1-2-18-16(21)20-8-4-6-12(20)9-24-13-7-3-5-11-10-25(22,23)19-15(17)14(11)13;1-17-15(20)19-7-3-5-11(19)8-23-12-6-2-4-10-9-24(21,22)18-14(16)13(10)12/h4,6,8,12,14H,2-3,5,7,9-11H2,1H3,(H2,19,21)(H,20,22);3,6,8,13H,2,4-5,7,9-11H2,1H3,(H2,18,19);2*3,5,7,12H,2,4,6,8-10H2,1H3,(H2,17,19)(H,18,21);2,4,6,11H,3,5,7-9H2,1H3,(H2,16,18)(H,17,20)/t12-,14?;13-;2*12-;11-/m11111/s1. The molecule has 9 heterocycles. The van der Waals surface area contributed by atoms with Gasteiger partial charge in [-0.2, -0.15) is 0 Å². The van der Waals surface area contributed by atoms with Gasteiger partial charge in [-0.15, -0.1) is 22.0 Å². The van der Waals surface area contributed by atoms with Crippen molar-refractivity contribution in [3.05, 3.63) is 147 Å². The highest BCUT2D eigenvalue weighted by molar-refractivity contribution is 7.90. The van der Waals surface area contributed by atoms with Crippen LogP contribution in [0.4, 0.5) is 14.4 Å². The van der Waals surface area contributed by atoms with E-state index in [0.29, 0.717) is 163 Å². The van der Waals surface area contributed by atoms with Crippen molar-refractivity contribution in [2.24, 2.45) is 62.5 Å². The van der Waals surface area contributed by atoms with Crippen LogP contribution in [-0.2, 0) is 88.5 Å². The quantitative estimate of drug-likeness (QED) is 0.0440. The van der Waals surface area contributed by atoms with Crippen LogP contribution in [0.1, 0.15) is 173 Å². The molecule has 0 aromatic heterocycles. The largest absolute Gasteiger partial charge is 0.492 e. The maximum absolute atomic E-state index is 12.3. The summed E-state index contributed by atoms with van der Waals surface area (Å²) in [7, 11) is -16.2. The Kier molecular flexibility index (Phi) is 31.7. The summed E-state index contributed by atoms with van der Waals surface area (Å²) in [6.07, 6.45) is 12.4. The Morgan fingerprint density at radius 2 is 0.656 bits per heavy atom. The number of hydrogen-bond donors (Lipinski definition) is 9. The van der Waals surface area contributed by atoms with Gasteiger partial charge in [-0.3, -0.25) is 9.59 Å². The van der Waals surface area contributed by atoms with Crippen LogP contribution in [0, 0.1) is 11.8 Å². The molecule has 1 saturated carbocycles. The molecule has 680 valence electrons. The van der Waals surface area contributed by atoms with E-state index < -0.39 is 50.1 Å². The Balaban J connectivity index is 0.000000152. The molecule has 43 heteroatoms. The number of hydrogen-bond acceptors (Lipinski definition) is 25. The van der Waals surface area contributed by atoms with Gasteiger partial charge in [-0.05, 0) is 149 Å². The number of carbonyl (C=O) groups is 5. The first kappa shape index (κ1) is 94.6. The number of nitrogens with zero attached hydrogens (tertiary/aromatic N) is 9. The van der Waals surface area contributed by atoms with Gasteiger partial charge in [-0.1, -0.05) is 80.9 Å². The highest BCUT2D eigenvalue weighted by Crippen LogP contribution is 2.38. The number of amidine groups is 5. The molecule has 1 unspecified atom stereocenters.